The van der Waals surface area contributed by atoms with Crippen LogP contribution in [0.1, 0.15) is 18.4 Å². The van der Waals surface area contributed by atoms with E-state index in [4.69, 9.17) is 4.74 Å². The van der Waals surface area contributed by atoms with Gasteiger partial charge in [0.15, 0.2) is 0 Å². The highest BCUT2D eigenvalue weighted by Gasteiger charge is 2.43. The molecule has 4 heteroatoms. The van der Waals surface area contributed by atoms with Gasteiger partial charge in [-0.25, -0.2) is 4.79 Å². The molecule has 1 aromatic rings. The molecule has 0 aromatic heterocycles. The molecule has 1 amide bonds. The number of hydrogen-bond donors (Lipinski definition) is 0. The number of ether oxygens (including phenoxy) is 1. The molecule has 2 fully saturated rings. The van der Waals surface area contributed by atoms with Crippen molar-refractivity contribution in [1.82, 2.24) is 4.90 Å². The largest absolute Gasteiger partial charge is 0.445 e. The maximum atomic E-state index is 11.9. The van der Waals surface area contributed by atoms with Crippen LogP contribution in [0.4, 0.5) is 4.79 Å². The van der Waals surface area contributed by atoms with Crippen molar-refractivity contribution in [2.24, 2.45) is 11.8 Å². The van der Waals surface area contributed by atoms with Crippen molar-refractivity contribution in [2.45, 2.75) is 19.4 Å². The highest BCUT2D eigenvalue weighted by Crippen LogP contribution is 2.35. The fraction of sp³-hybridized carbons (Fsp3) is 0.467. The number of carbonyl (C=O) groups excluding carboxylic acids is 2. The number of amides is 1. The van der Waals surface area contributed by atoms with Crippen LogP contribution in [0.3, 0.4) is 0 Å². The van der Waals surface area contributed by atoms with Gasteiger partial charge in [0.2, 0.25) is 0 Å². The Kier molecular flexibility index (Phi) is 3.23. The van der Waals surface area contributed by atoms with E-state index >= 15 is 0 Å². The summed E-state index contributed by atoms with van der Waals surface area (Å²) in [4.78, 5) is 25.2. The van der Waals surface area contributed by atoms with Crippen molar-refractivity contribution in [3.8, 4) is 0 Å². The Hall–Kier alpha value is -1.84. The minimum atomic E-state index is -0.300. The molecule has 3 rings (SSSR count). The van der Waals surface area contributed by atoms with Gasteiger partial charge in [0.05, 0.1) is 0 Å². The molecule has 1 saturated heterocycles. The van der Waals surface area contributed by atoms with E-state index < -0.39 is 0 Å². The lowest BCUT2D eigenvalue weighted by atomic mass is 10.0. The van der Waals surface area contributed by atoms with Gasteiger partial charge in [0.1, 0.15) is 12.4 Å². The van der Waals surface area contributed by atoms with Gasteiger partial charge in [-0.1, -0.05) is 30.3 Å². The minimum Gasteiger partial charge on any atom is -0.445 e. The van der Waals surface area contributed by atoms with Crippen molar-refractivity contribution >= 4 is 11.9 Å². The van der Waals surface area contributed by atoms with Crippen LogP contribution in [-0.4, -0.2) is 29.9 Å². The minimum absolute atomic E-state index is 0.0595. The van der Waals surface area contributed by atoms with Crippen LogP contribution in [0.15, 0.2) is 30.3 Å². The third kappa shape index (κ3) is 2.48. The fourth-order valence-electron chi connectivity index (χ4n) is 3.00. The van der Waals surface area contributed by atoms with Gasteiger partial charge >= 0.3 is 6.09 Å². The zero-order valence-corrected chi connectivity index (χ0v) is 10.7. The lowest BCUT2D eigenvalue weighted by molar-refractivity contribution is -0.120. The monoisotopic (exact) mass is 259 g/mol. The Morgan fingerprint density at radius 2 is 2.05 bits per heavy atom. The summed E-state index contributed by atoms with van der Waals surface area (Å²) in [6.45, 7) is 1.50. The fourth-order valence-corrected chi connectivity index (χ4v) is 3.00. The zero-order chi connectivity index (χ0) is 13.2. The van der Waals surface area contributed by atoms with Gasteiger partial charge < -0.3 is 9.64 Å². The first-order valence-electron chi connectivity index (χ1n) is 6.72. The van der Waals surface area contributed by atoms with Crippen molar-refractivity contribution in [3.05, 3.63) is 35.9 Å². The number of hydrogen-bond acceptors (Lipinski definition) is 3. The van der Waals surface area contributed by atoms with E-state index in [9.17, 15) is 9.59 Å². The Bertz CT molecular complexity index is 485. The normalized spacial score (nSPS) is 25.5. The molecule has 2 atom stereocenters. The Morgan fingerprint density at radius 3 is 2.79 bits per heavy atom. The molecule has 1 aromatic carbocycles. The molecular weight excluding hydrogens is 242 g/mol. The van der Waals surface area contributed by atoms with Crippen LogP contribution in [0.25, 0.3) is 0 Å². The second-order valence-electron chi connectivity index (χ2n) is 5.32. The molecule has 1 aliphatic heterocycles. The molecule has 4 nitrogen and oxygen atoms in total. The van der Waals surface area contributed by atoms with E-state index in [1.807, 2.05) is 30.3 Å². The first-order chi connectivity index (χ1) is 9.24. The molecule has 2 aliphatic rings. The van der Waals surface area contributed by atoms with E-state index in [0.717, 1.165) is 12.0 Å². The molecule has 1 heterocycles. The van der Waals surface area contributed by atoms with Gasteiger partial charge in [-0.15, -0.1) is 0 Å². The summed E-state index contributed by atoms with van der Waals surface area (Å²) in [5, 5.41) is 0. The summed E-state index contributed by atoms with van der Waals surface area (Å²) in [6, 6.07) is 9.62. The quantitative estimate of drug-likeness (QED) is 0.818. The molecule has 0 N–H and O–H groups in total. The van der Waals surface area contributed by atoms with E-state index in [1.165, 1.54) is 0 Å². The highest BCUT2D eigenvalue weighted by molar-refractivity contribution is 5.85. The Morgan fingerprint density at radius 1 is 1.26 bits per heavy atom. The van der Waals surface area contributed by atoms with Crippen molar-refractivity contribution in [3.63, 3.8) is 0 Å². The van der Waals surface area contributed by atoms with Crippen molar-refractivity contribution in [1.29, 1.82) is 0 Å². The van der Waals surface area contributed by atoms with Crippen LogP contribution in [0.5, 0.6) is 0 Å². The van der Waals surface area contributed by atoms with Crippen LogP contribution < -0.4 is 0 Å². The molecular formula is C15H17NO3. The lowest BCUT2D eigenvalue weighted by Gasteiger charge is -2.16. The molecule has 0 radical (unpaired) electrons. The lowest BCUT2D eigenvalue weighted by Crippen LogP contribution is -2.30. The van der Waals surface area contributed by atoms with Crippen LogP contribution in [0, 0.1) is 11.8 Å². The van der Waals surface area contributed by atoms with Crippen molar-refractivity contribution in [2.75, 3.05) is 13.1 Å². The summed E-state index contributed by atoms with van der Waals surface area (Å²) in [5.74, 6) is 0.726. The van der Waals surface area contributed by atoms with Gasteiger partial charge in [-0.2, -0.15) is 0 Å². The van der Waals surface area contributed by atoms with Crippen LogP contribution >= 0.6 is 0 Å². The van der Waals surface area contributed by atoms with Gasteiger partial charge in [-0.3, -0.25) is 4.79 Å². The number of carbonyl (C=O) groups is 2. The van der Waals surface area contributed by atoms with Crippen LogP contribution in [-0.2, 0) is 16.1 Å². The van der Waals surface area contributed by atoms with Crippen molar-refractivity contribution < 1.29 is 14.3 Å². The number of benzene rings is 1. The summed E-state index contributed by atoms with van der Waals surface area (Å²) in [6.07, 6.45) is 1.31. The topological polar surface area (TPSA) is 46.6 Å². The van der Waals surface area contributed by atoms with E-state index in [2.05, 4.69) is 0 Å². The van der Waals surface area contributed by atoms with Gasteiger partial charge in [0.25, 0.3) is 0 Å². The number of nitrogens with zero attached hydrogens (tertiary/aromatic N) is 1. The third-order valence-electron chi connectivity index (χ3n) is 4.08. The van der Waals surface area contributed by atoms with Crippen LogP contribution in [0.2, 0.25) is 0 Å². The number of likely N-dealkylation sites (tertiary alicyclic amines) is 1. The number of fused-ring (bicyclic) bond motifs is 1. The third-order valence-corrected chi connectivity index (χ3v) is 4.08. The SMILES string of the molecule is O=C1CC[C@@H]2CN(C(=O)OCc3ccccc3)C[C@H]12. The average molecular weight is 259 g/mol. The predicted octanol–water partition coefficient (Wildman–Crippen LogP) is 2.23. The highest BCUT2D eigenvalue weighted by atomic mass is 16.6. The second-order valence-corrected chi connectivity index (χ2v) is 5.32. The standard InChI is InChI=1S/C15H17NO3/c17-14-7-6-12-8-16(9-13(12)14)15(18)19-10-11-4-2-1-3-5-11/h1-5,12-13H,6-10H2/t12-,13+/m1/s1. The Balaban J connectivity index is 1.53. The Labute approximate surface area is 112 Å². The maximum absolute atomic E-state index is 11.9. The molecule has 100 valence electrons. The average Bonchev–Trinajstić information content (AvgIpc) is 3.00. The predicted molar refractivity (Wildman–Crippen MR) is 69.4 cm³/mol. The second kappa shape index (κ2) is 5.03. The smallest absolute Gasteiger partial charge is 0.410 e. The van der Waals surface area contributed by atoms with E-state index in [0.29, 0.717) is 37.8 Å². The summed E-state index contributed by atoms with van der Waals surface area (Å²) in [5.41, 5.74) is 0.978. The van der Waals surface area contributed by atoms with Gasteiger partial charge in [-0.05, 0) is 17.9 Å². The number of Topliss-reactive ketones (excluding diaryl/α,β-unsaturated/α-hetero) is 1. The van der Waals surface area contributed by atoms with E-state index in [1.54, 1.807) is 4.90 Å². The summed E-state index contributed by atoms with van der Waals surface area (Å²) < 4.78 is 5.29. The molecule has 0 bridgehead atoms. The number of ketones is 1. The first-order valence-corrected chi connectivity index (χ1v) is 6.72. The molecule has 0 unspecified atom stereocenters. The van der Waals surface area contributed by atoms with E-state index in [-0.39, 0.29) is 12.0 Å². The summed E-state index contributed by atoms with van der Waals surface area (Å²) in [7, 11) is 0. The molecule has 0 spiro atoms. The number of rotatable bonds is 2. The maximum Gasteiger partial charge on any atom is 0.410 e. The molecule has 1 aliphatic carbocycles. The molecule has 1 saturated carbocycles. The summed E-state index contributed by atoms with van der Waals surface area (Å²) >= 11 is 0. The molecule has 19 heavy (non-hydrogen) atoms. The first kappa shape index (κ1) is 12.2. The van der Waals surface area contributed by atoms with Gasteiger partial charge in [0, 0.05) is 25.4 Å². The zero-order valence-electron chi connectivity index (χ0n) is 10.7.